The van der Waals surface area contributed by atoms with E-state index in [0.717, 1.165) is 25.7 Å². The molecule has 0 rings (SSSR count). The number of hydrogen-bond acceptors (Lipinski definition) is 2. The normalized spacial score (nSPS) is 11.5. The number of aliphatic hydroxyl groups excluding tert-OH is 1. The molecule has 0 aliphatic rings. The SMILES string of the molecule is CCCCCCCCCCCCC(=O)C=CCCCCCCCCCCO. The Morgan fingerprint density at radius 2 is 1.07 bits per heavy atom. The number of carbonyl (C=O) groups is 1. The zero-order valence-electron chi connectivity index (χ0n) is 18.4. The minimum Gasteiger partial charge on any atom is -0.396 e. The van der Waals surface area contributed by atoms with E-state index in [4.69, 9.17) is 5.11 Å². The maximum Gasteiger partial charge on any atom is 0.155 e. The van der Waals surface area contributed by atoms with E-state index < -0.39 is 0 Å². The van der Waals surface area contributed by atoms with Gasteiger partial charge < -0.3 is 5.11 Å². The van der Waals surface area contributed by atoms with Gasteiger partial charge in [0.15, 0.2) is 5.78 Å². The van der Waals surface area contributed by atoms with E-state index in [1.54, 1.807) is 0 Å². The summed E-state index contributed by atoms with van der Waals surface area (Å²) in [5, 5.41) is 8.72. The lowest BCUT2D eigenvalue weighted by Gasteiger charge is -2.01. The van der Waals surface area contributed by atoms with Gasteiger partial charge in [0.2, 0.25) is 0 Å². The van der Waals surface area contributed by atoms with Crippen molar-refractivity contribution in [1.82, 2.24) is 0 Å². The van der Waals surface area contributed by atoms with E-state index >= 15 is 0 Å². The van der Waals surface area contributed by atoms with Crippen LogP contribution in [-0.4, -0.2) is 17.5 Å². The molecule has 0 amide bonds. The third-order valence-corrected chi connectivity index (χ3v) is 5.36. The second-order valence-corrected chi connectivity index (χ2v) is 8.14. The van der Waals surface area contributed by atoms with Crippen LogP contribution in [0.1, 0.15) is 135 Å². The number of rotatable bonds is 22. The summed E-state index contributed by atoms with van der Waals surface area (Å²) < 4.78 is 0. The zero-order chi connectivity index (χ0) is 19.8. The first kappa shape index (κ1) is 26.4. The number of unbranched alkanes of at least 4 members (excludes halogenated alkanes) is 17. The minimum absolute atomic E-state index is 0.318. The van der Waals surface area contributed by atoms with Crippen LogP contribution in [0.15, 0.2) is 12.2 Å². The molecule has 0 saturated carbocycles. The lowest BCUT2D eigenvalue weighted by molar-refractivity contribution is -0.114. The quantitative estimate of drug-likeness (QED) is 0.153. The summed E-state index contributed by atoms with van der Waals surface area (Å²) >= 11 is 0. The largest absolute Gasteiger partial charge is 0.396 e. The molecule has 0 radical (unpaired) electrons. The van der Waals surface area contributed by atoms with Gasteiger partial charge in [0, 0.05) is 13.0 Å². The van der Waals surface area contributed by atoms with Crippen LogP contribution < -0.4 is 0 Å². The Balaban J connectivity index is 3.24. The van der Waals surface area contributed by atoms with Gasteiger partial charge in [-0.15, -0.1) is 0 Å². The molecule has 0 unspecified atom stereocenters. The summed E-state index contributed by atoms with van der Waals surface area (Å²) in [5.41, 5.74) is 0. The highest BCUT2D eigenvalue weighted by atomic mass is 16.2. The first-order valence-electron chi connectivity index (χ1n) is 12.1. The Morgan fingerprint density at radius 1 is 0.630 bits per heavy atom. The Kier molecular flexibility index (Phi) is 22.9. The van der Waals surface area contributed by atoms with Gasteiger partial charge in [-0.1, -0.05) is 109 Å². The molecule has 0 aliphatic heterocycles. The van der Waals surface area contributed by atoms with Gasteiger partial charge in [0.1, 0.15) is 0 Å². The van der Waals surface area contributed by atoms with Crippen molar-refractivity contribution in [2.24, 2.45) is 0 Å². The maximum atomic E-state index is 11.8. The standard InChI is InChI=1S/C25H48O2/c1-2-3-4-5-6-7-10-13-16-19-22-25(27)23-20-17-14-11-8-9-12-15-18-21-24-26/h20,23,26H,2-19,21-22,24H2,1H3. The van der Waals surface area contributed by atoms with E-state index in [0.29, 0.717) is 12.4 Å². The van der Waals surface area contributed by atoms with Gasteiger partial charge >= 0.3 is 0 Å². The smallest absolute Gasteiger partial charge is 0.155 e. The van der Waals surface area contributed by atoms with Crippen LogP contribution in [0.2, 0.25) is 0 Å². The number of ketones is 1. The zero-order valence-corrected chi connectivity index (χ0v) is 18.4. The van der Waals surface area contributed by atoms with Crippen molar-refractivity contribution in [3.63, 3.8) is 0 Å². The Bertz CT molecular complexity index is 322. The highest BCUT2D eigenvalue weighted by molar-refractivity contribution is 5.89. The van der Waals surface area contributed by atoms with Crippen LogP contribution in [0.4, 0.5) is 0 Å². The molecule has 2 heteroatoms. The van der Waals surface area contributed by atoms with Crippen LogP contribution in [0, 0.1) is 0 Å². The fourth-order valence-corrected chi connectivity index (χ4v) is 3.52. The van der Waals surface area contributed by atoms with E-state index in [2.05, 4.69) is 13.0 Å². The first-order valence-corrected chi connectivity index (χ1v) is 12.1. The van der Waals surface area contributed by atoms with Crippen molar-refractivity contribution in [2.75, 3.05) is 6.61 Å². The summed E-state index contributed by atoms with van der Waals surface area (Å²) in [4.78, 5) is 11.8. The topological polar surface area (TPSA) is 37.3 Å². The second-order valence-electron chi connectivity index (χ2n) is 8.14. The molecule has 0 aromatic rings. The molecular formula is C25H48O2. The van der Waals surface area contributed by atoms with Gasteiger partial charge in [0.05, 0.1) is 0 Å². The van der Waals surface area contributed by atoms with Gasteiger partial charge in [0.25, 0.3) is 0 Å². The molecule has 1 N–H and O–H groups in total. The Morgan fingerprint density at radius 3 is 1.59 bits per heavy atom. The highest BCUT2D eigenvalue weighted by Gasteiger charge is 1.98. The molecular weight excluding hydrogens is 332 g/mol. The van der Waals surface area contributed by atoms with E-state index in [9.17, 15) is 4.79 Å². The van der Waals surface area contributed by atoms with E-state index in [1.807, 2.05) is 6.08 Å². The van der Waals surface area contributed by atoms with Crippen molar-refractivity contribution in [1.29, 1.82) is 0 Å². The maximum absolute atomic E-state index is 11.8. The summed E-state index contributed by atoms with van der Waals surface area (Å²) in [7, 11) is 0. The Hall–Kier alpha value is -0.630. The second kappa shape index (κ2) is 23.4. The van der Waals surface area contributed by atoms with Gasteiger partial charge in [-0.2, -0.15) is 0 Å². The van der Waals surface area contributed by atoms with Crippen LogP contribution in [0.25, 0.3) is 0 Å². The number of carbonyl (C=O) groups excluding carboxylic acids is 1. The van der Waals surface area contributed by atoms with Crippen LogP contribution >= 0.6 is 0 Å². The molecule has 0 saturated heterocycles. The first-order chi connectivity index (χ1) is 13.3. The third kappa shape index (κ3) is 23.3. The van der Waals surface area contributed by atoms with Crippen molar-refractivity contribution in [3.05, 3.63) is 12.2 Å². The predicted octanol–water partition coefficient (Wildman–Crippen LogP) is 7.93. The fraction of sp³-hybridized carbons (Fsp3) is 0.880. The van der Waals surface area contributed by atoms with Crippen molar-refractivity contribution in [3.8, 4) is 0 Å². The minimum atomic E-state index is 0.318. The monoisotopic (exact) mass is 380 g/mol. The molecule has 0 fully saturated rings. The van der Waals surface area contributed by atoms with Crippen LogP contribution in [0.5, 0.6) is 0 Å². The molecule has 27 heavy (non-hydrogen) atoms. The summed E-state index contributed by atoms with van der Waals surface area (Å²) in [6.07, 6.45) is 28.7. The molecule has 2 nitrogen and oxygen atoms in total. The lowest BCUT2D eigenvalue weighted by atomic mass is 10.0. The van der Waals surface area contributed by atoms with E-state index in [1.165, 1.54) is 103 Å². The lowest BCUT2D eigenvalue weighted by Crippen LogP contribution is -1.92. The van der Waals surface area contributed by atoms with Gasteiger partial charge in [-0.05, 0) is 31.8 Å². The average molecular weight is 381 g/mol. The summed E-state index contributed by atoms with van der Waals surface area (Å²) in [6, 6.07) is 0. The molecule has 0 aromatic carbocycles. The molecule has 0 aromatic heterocycles. The molecule has 0 atom stereocenters. The molecule has 0 heterocycles. The highest BCUT2D eigenvalue weighted by Crippen LogP contribution is 2.12. The van der Waals surface area contributed by atoms with Crippen LogP contribution in [-0.2, 0) is 4.79 Å². The molecule has 0 spiro atoms. The molecule has 0 aliphatic carbocycles. The van der Waals surface area contributed by atoms with Gasteiger partial charge in [-0.25, -0.2) is 0 Å². The number of hydrogen-bond donors (Lipinski definition) is 1. The summed E-state index contributed by atoms with van der Waals surface area (Å²) in [6.45, 7) is 2.60. The third-order valence-electron chi connectivity index (χ3n) is 5.36. The average Bonchev–Trinajstić information content (AvgIpc) is 2.67. The van der Waals surface area contributed by atoms with E-state index in [-0.39, 0.29) is 0 Å². The van der Waals surface area contributed by atoms with Crippen molar-refractivity contribution >= 4 is 5.78 Å². The van der Waals surface area contributed by atoms with Gasteiger partial charge in [-0.3, -0.25) is 4.79 Å². The predicted molar refractivity (Wildman–Crippen MR) is 119 cm³/mol. The molecule has 0 bridgehead atoms. The number of aliphatic hydroxyl groups is 1. The van der Waals surface area contributed by atoms with Crippen molar-refractivity contribution in [2.45, 2.75) is 135 Å². The van der Waals surface area contributed by atoms with Crippen molar-refractivity contribution < 1.29 is 9.90 Å². The Labute approximate surface area is 170 Å². The van der Waals surface area contributed by atoms with Crippen LogP contribution in [0.3, 0.4) is 0 Å². The number of allylic oxidation sites excluding steroid dienone is 2. The molecule has 160 valence electrons. The summed E-state index contributed by atoms with van der Waals surface area (Å²) in [5.74, 6) is 0.318. The fourth-order valence-electron chi connectivity index (χ4n) is 3.52.